The molecule has 14 heavy (non-hydrogen) atoms. The van der Waals surface area contributed by atoms with Crippen LogP contribution in [0.3, 0.4) is 0 Å². The minimum absolute atomic E-state index is 0.0792. The second-order valence-corrected chi connectivity index (χ2v) is 3.31. The van der Waals surface area contributed by atoms with Gasteiger partial charge in [-0.2, -0.15) is 0 Å². The van der Waals surface area contributed by atoms with Crippen molar-refractivity contribution in [2.45, 2.75) is 13.3 Å². The van der Waals surface area contributed by atoms with E-state index in [9.17, 15) is 4.79 Å². The topological polar surface area (TPSA) is 58.9 Å². The zero-order valence-electron chi connectivity index (χ0n) is 8.00. The zero-order valence-corrected chi connectivity index (χ0v) is 8.00. The molecule has 0 aliphatic rings. The third-order valence-corrected chi connectivity index (χ3v) is 2.41. The average Bonchev–Trinajstić information content (AvgIpc) is 2.23. The summed E-state index contributed by atoms with van der Waals surface area (Å²) in [6.07, 6.45) is 2.46. The van der Waals surface area contributed by atoms with E-state index in [1.807, 2.05) is 18.2 Å². The quantitative estimate of drug-likeness (QED) is 0.715. The second kappa shape index (κ2) is 3.18. The van der Waals surface area contributed by atoms with Gasteiger partial charge >= 0.3 is 0 Å². The van der Waals surface area contributed by atoms with E-state index in [2.05, 4.69) is 11.9 Å². The Morgan fingerprint density at radius 3 is 2.86 bits per heavy atom. The highest BCUT2D eigenvalue weighted by molar-refractivity contribution is 5.91. The molecule has 0 atom stereocenters. The van der Waals surface area contributed by atoms with Crippen molar-refractivity contribution >= 4 is 16.5 Å². The van der Waals surface area contributed by atoms with Crippen molar-refractivity contribution in [3.05, 3.63) is 40.3 Å². The van der Waals surface area contributed by atoms with E-state index in [1.54, 1.807) is 0 Å². The van der Waals surface area contributed by atoms with E-state index >= 15 is 0 Å². The molecule has 0 radical (unpaired) electrons. The Bertz CT molecular complexity index is 528. The summed E-state index contributed by atoms with van der Waals surface area (Å²) >= 11 is 0. The number of aromatic amines is 1. The van der Waals surface area contributed by atoms with Crippen LogP contribution in [0.5, 0.6) is 0 Å². The molecule has 3 heteroatoms. The Kier molecular flexibility index (Phi) is 2.00. The van der Waals surface area contributed by atoms with Crippen LogP contribution >= 0.6 is 0 Å². The number of nitrogen functional groups attached to an aromatic ring is 1. The van der Waals surface area contributed by atoms with Gasteiger partial charge in [0.1, 0.15) is 0 Å². The molecule has 3 nitrogen and oxygen atoms in total. The summed E-state index contributed by atoms with van der Waals surface area (Å²) in [6, 6.07) is 5.79. The highest BCUT2D eigenvalue weighted by atomic mass is 16.1. The highest BCUT2D eigenvalue weighted by Gasteiger charge is 2.02. The molecular formula is C11H12N2O. The fraction of sp³-hybridized carbons (Fsp3) is 0.182. The Morgan fingerprint density at radius 2 is 2.14 bits per heavy atom. The number of aromatic nitrogens is 1. The minimum atomic E-state index is -0.0792. The summed E-state index contributed by atoms with van der Waals surface area (Å²) in [5, 5.41) is 1.50. The van der Waals surface area contributed by atoms with Gasteiger partial charge in [0.15, 0.2) is 0 Å². The first-order chi connectivity index (χ1) is 6.72. The molecule has 3 N–H and O–H groups in total. The van der Waals surface area contributed by atoms with Crippen LogP contribution in [0.4, 0.5) is 5.69 Å². The molecule has 1 aromatic heterocycles. The molecule has 1 aromatic carbocycles. The Hall–Kier alpha value is -1.77. The Labute approximate surface area is 81.6 Å². The lowest BCUT2D eigenvalue weighted by Crippen LogP contribution is -2.07. The van der Waals surface area contributed by atoms with E-state index < -0.39 is 0 Å². The number of rotatable bonds is 1. The monoisotopic (exact) mass is 188 g/mol. The van der Waals surface area contributed by atoms with Crippen molar-refractivity contribution in [2.24, 2.45) is 0 Å². The van der Waals surface area contributed by atoms with Crippen molar-refractivity contribution in [3.8, 4) is 0 Å². The normalized spacial score (nSPS) is 10.6. The lowest BCUT2D eigenvalue weighted by atomic mass is 10.1. The molecule has 0 aliphatic heterocycles. The Morgan fingerprint density at radius 1 is 1.36 bits per heavy atom. The number of hydrogen-bond donors (Lipinski definition) is 2. The molecule has 0 fully saturated rings. The van der Waals surface area contributed by atoms with E-state index in [4.69, 9.17) is 5.73 Å². The SMILES string of the molecule is CCc1ccc2c(N)c[nH]c(=O)c2c1. The van der Waals surface area contributed by atoms with Gasteiger partial charge in [0.25, 0.3) is 5.56 Å². The first-order valence-electron chi connectivity index (χ1n) is 4.62. The summed E-state index contributed by atoms with van der Waals surface area (Å²) in [5.41, 5.74) is 7.43. The molecule has 0 spiro atoms. The molecule has 2 aromatic rings. The minimum Gasteiger partial charge on any atom is -0.397 e. The van der Waals surface area contributed by atoms with Crippen molar-refractivity contribution in [1.29, 1.82) is 0 Å². The average molecular weight is 188 g/mol. The molecule has 2 rings (SSSR count). The van der Waals surface area contributed by atoms with Gasteiger partial charge in [-0.05, 0) is 18.1 Å². The number of anilines is 1. The maximum Gasteiger partial charge on any atom is 0.255 e. The van der Waals surface area contributed by atoms with E-state index in [0.29, 0.717) is 11.1 Å². The number of H-pyrrole nitrogens is 1. The first kappa shape index (κ1) is 8.81. The van der Waals surface area contributed by atoms with Crippen LogP contribution in [-0.4, -0.2) is 4.98 Å². The van der Waals surface area contributed by atoms with Gasteiger partial charge in [-0.1, -0.05) is 19.1 Å². The summed E-state index contributed by atoms with van der Waals surface area (Å²) in [4.78, 5) is 14.1. The number of nitrogens with two attached hydrogens (primary N) is 1. The van der Waals surface area contributed by atoms with Crippen LogP contribution in [-0.2, 0) is 6.42 Å². The number of fused-ring (bicyclic) bond motifs is 1. The molecule has 0 saturated heterocycles. The summed E-state index contributed by atoms with van der Waals surface area (Å²) < 4.78 is 0. The number of hydrogen-bond acceptors (Lipinski definition) is 2. The standard InChI is InChI=1S/C11H12N2O/c1-2-7-3-4-8-9(5-7)11(14)13-6-10(8)12/h3-6H,2,12H2,1H3,(H,13,14). The second-order valence-electron chi connectivity index (χ2n) is 3.31. The molecule has 1 heterocycles. The largest absolute Gasteiger partial charge is 0.397 e. The summed E-state index contributed by atoms with van der Waals surface area (Å²) in [7, 11) is 0. The van der Waals surface area contributed by atoms with Crippen LogP contribution in [0, 0.1) is 0 Å². The zero-order chi connectivity index (χ0) is 10.1. The molecule has 0 unspecified atom stereocenters. The van der Waals surface area contributed by atoms with Crippen LogP contribution in [0.2, 0.25) is 0 Å². The smallest absolute Gasteiger partial charge is 0.255 e. The van der Waals surface area contributed by atoms with Gasteiger partial charge in [0, 0.05) is 17.0 Å². The number of nitrogens with one attached hydrogen (secondary N) is 1. The molecule has 72 valence electrons. The van der Waals surface area contributed by atoms with E-state index in [0.717, 1.165) is 17.4 Å². The van der Waals surface area contributed by atoms with Gasteiger partial charge in [-0.3, -0.25) is 4.79 Å². The van der Waals surface area contributed by atoms with Gasteiger partial charge < -0.3 is 10.7 Å². The third-order valence-electron chi connectivity index (χ3n) is 2.41. The maximum atomic E-state index is 11.5. The lowest BCUT2D eigenvalue weighted by molar-refractivity contribution is 1.14. The van der Waals surface area contributed by atoms with Crippen molar-refractivity contribution < 1.29 is 0 Å². The molecule has 0 aliphatic carbocycles. The third kappa shape index (κ3) is 1.27. The van der Waals surface area contributed by atoms with Crippen LogP contribution in [0.15, 0.2) is 29.2 Å². The van der Waals surface area contributed by atoms with E-state index in [-0.39, 0.29) is 5.56 Å². The fourth-order valence-corrected chi connectivity index (χ4v) is 1.55. The summed E-state index contributed by atoms with van der Waals surface area (Å²) in [6.45, 7) is 2.06. The highest BCUT2D eigenvalue weighted by Crippen LogP contribution is 2.17. The number of aryl methyl sites for hydroxylation is 1. The number of benzene rings is 1. The van der Waals surface area contributed by atoms with Gasteiger partial charge in [0.2, 0.25) is 0 Å². The summed E-state index contributed by atoms with van der Waals surface area (Å²) in [5.74, 6) is 0. The lowest BCUT2D eigenvalue weighted by Gasteiger charge is -2.02. The molecule has 0 saturated carbocycles. The molecule has 0 amide bonds. The maximum absolute atomic E-state index is 11.5. The molecule has 0 bridgehead atoms. The molecular weight excluding hydrogens is 176 g/mol. The van der Waals surface area contributed by atoms with E-state index in [1.165, 1.54) is 6.20 Å². The van der Waals surface area contributed by atoms with Gasteiger partial charge in [-0.15, -0.1) is 0 Å². The van der Waals surface area contributed by atoms with Gasteiger partial charge in [-0.25, -0.2) is 0 Å². The van der Waals surface area contributed by atoms with Crippen LogP contribution in [0.1, 0.15) is 12.5 Å². The first-order valence-corrected chi connectivity index (χ1v) is 4.62. The van der Waals surface area contributed by atoms with Gasteiger partial charge in [0.05, 0.1) is 5.69 Å². The van der Waals surface area contributed by atoms with Crippen molar-refractivity contribution in [1.82, 2.24) is 4.98 Å². The van der Waals surface area contributed by atoms with Crippen molar-refractivity contribution in [2.75, 3.05) is 5.73 Å². The predicted octanol–water partition coefficient (Wildman–Crippen LogP) is 1.67. The number of pyridine rings is 1. The fourth-order valence-electron chi connectivity index (χ4n) is 1.55. The Balaban J connectivity index is 2.87. The predicted molar refractivity (Wildman–Crippen MR) is 58.4 cm³/mol. The van der Waals surface area contributed by atoms with Crippen LogP contribution < -0.4 is 11.3 Å². The van der Waals surface area contributed by atoms with Crippen LogP contribution in [0.25, 0.3) is 10.8 Å². The van der Waals surface area contributed by atoms with Crippen molar-refractivity contribution in [3.63, 3.8) is 0 Å².